The summed E-state index contributed by atoms with van der Waals surface area (Å²) >= 11 is 0. The van der Waals surface area contributed by atoms with Crippen LogP contribution in [-0.4, -0.2) is 58.2 Å². The number of aliphatic hydroxyl groups excluding tert-OH is 1. The number of aromatic nitrogens is 3. The summed E-state index contributed by atoms with van der Waals surface area (Å²) in [4.78, 5) is 30.8. The molecule has 1 aromatic carbocycles. The summed E-state index contributed by atoms with van der Waals surface area (Å²) in [6.45, 7) is 6.49. The Bertz CT molecular complexity index is 1470. The lowest BCUT2D eigenvalue weighted by Crippen LogP contribution is -2.43. The molecule has 1 atom stereocenters. The summed E-state index contributed by atoms with van der Waals surface area (Å²) in [6.07, 6.45) is 12.7. The van der Waals surface area contributed by atoms with Crippen LogP contribution in [0.4, 0.5) is 4.79 Å². The summed E-state index contributed by atoms with van der Waals surface area (Å²) in [7, 11) is 1.71. The predicted molar refractivity (Wildman–Crippen MR) is 181 cm³/mol. The van der Waals surface area contributed by atoms with Gasteiger partial charge in [0.05, 0.1) is 31.6 Å². The average molecular weight is 646 g/mol. The molecule has 0 aliphatic heterocycles. The fourth-order valence-corrected chi connectivity index (χ4v) is 7.15. The van der Waals surface area contributed by atoms with Crippen molar-refractivity contribution in [2.24, 2.45) is 11.8 Å². The topological polar surface area (TPSA) is 128 Å². The van der Waals surface area contributed by atoms with E-state index in [1.807, 2.05) is 23.1 Å². The molecule has 0 spiro atoms. The molecule has 2 aromatic heterocycles. The highest BCUT2D eigenvalue weighted by Gasteiger charge is 2.34. The normalized spacial score (nSPS) is 22.0. The fraction of sp³-hybridized carbons (Fsp3) is 0.568. The Labute approximate surface area is 278 Å². The lowest BCUT2D eigenvalue weighted by atomic mass is 9.74. The zero-order chi connectivity index (χ0) is 33.3. The molecule has 3 N–H and O–H groups in total. The van der Waals surface area contributed by atoms with Crippen molar-refractivity contribution in [3.05, 3.63) is 65.7 Å². The quantitative estimate of drug-likeness (QED) is 0.188. The lowest BCUT2D eigenvalue weighted by molar-refractivity contribution is -0.127. The van der Waals surface area contributed by atoms with Crippen LogP contribution in [0.15, 0.2) is 48.9 Å². The van der Waals surface area contributed by atoms with E-state index in [2.05, 4.69) is 67.0 Å². The first-order valence-electron chi connectivity index (χ1n) is 17.2. The van der Waals surface area contributed by atoms with E-state index in [1.54, 1.807) is 7.11 Å². The van der Waals surface area contributed by atoms with Gasteiger partial charge in [-0.2, -0.15) is 5.10 Å². The number of benzene rings is 1. The number of aryl methyl sites for hydroxylation is 1. The van der Waals surface area contributed by atoms with Gasteiger partial charge in [-0.1, -0.05) is 12.1 Å². The number of ether oxygens (including phenoxy) is 2. The van der Waals surface area contributed by atoms with Gasteiger partial charge in [-0.25, -0.2) is 4.79 Å². The van der Waals surface area contributed by atoms with Crippen molar-refractivity contribution in [1.82, 2.24) is 25.4 Å². The maximum Gasteiger partial charge on any atom is 0.407 e. The summed E-state index contributed by atoms with van der Waals surface area (Å²) in [5.41, 5.74) is 5.47. The zero-order valence-corrected chi connectivity index (χ0v) is 28.3. The summed E-state index contributed by atoms with van der Waals surface area (Å²) in [5, 5.41) is 19.8. The van der Waals surface area contributed by atoms with E-state index in [0.29, 0.717) is 25.2 Å². The maximum absolute atomic E-state index is 13.8. The molecule has 2 saturated carbocycles. The van der Waals surface area contributed by atoms with Crippen LogP contribution >= 0.6 is 0 Å². The molecule has 2 heterocycles. The molecule has 1 unspecified atom stereocenters. The van der Waals surface area contributed by atoms with E-state index in [4.69, 9.17) is 19.6 Å². The fourth-order valence-electron chi connectivity index (χ4n) is 7.15. The summed E-state index contributed by atoms with van der Waals surface area (Å²) in [5.74, 6) is 1.60. The van der Waals surface area contributed by atoms with Crippen molar-refractivity contribution >= 4 is 12.0 Å². The van der Waals surface area contributed by atoms with E-state index < -0.39 is 6.09 Å². The van der Waals surface area contributed by atoms with Crippen LogP contribution in [0.3, 0.4) is 0 Å². The molecule has 2 aliphatic carbocycles. The molecular formula is C37H51N5O5. The third-order valence-electron chi connectivity index (χ3n) is 9.95. The smallest absolute Gasteiger partial charge is 0.407 e. The van der Waals surface area contributed by atoms with Crippen LogP contribution in [0, 0.1) is 18.8 Å². The van der Waals surface area contributed by atoms with Gasteiger partial charge >= 0.3 is 6.09 Å². The van der Waals surface area contributed by atoms with E-state index in [0.717, 1.165) is 66.7 Å². The Balaban J connectivity index is 1.28. The Kier molecular flexibility index (Phi) is 11.9. The number of nitrogens with one attached hydrogen (secondary N) is 2. The molecule has 10 heteroatoms. The molecule has 10 nitrogen and oxygen atoms in total. The minimum atomic E-state index is -0.461. The van der Waals surface area contributed by atoms with Gasteiger partial charge < -0.3 is 25.2 Å². The molecular weight excluding hydrogens is 594 g/mol. The first-order valence-corrected chi connectivity index (χ1v) is 17.2. The van der Waals surface area contributed by atoms with Crippen LogP contribution in [0.5, 0.6) is 5.75 Å². The Morgan fingerprint density at radius 2 is 1.79 bits per heavy atom. The van der Waals surface area contributed by atoms with Crippen molar-refractivity contribution in [1.29, 1.82) is 0 Å². The Morgan fingerprint density at radius 1 is 1.02 bits per heavy atom. The number of aliphatic hydroxyl groups is 1. The maximum atomic E-state index is 13.8. The van der Waals surface area contributed by atoms with Crippen molar-refractivity contribution in [2.75, 3.05) is 20.3 Å². The first-order chi connectivity index (χ1) is 22.7. The third-order valence-corrected chi connectivity index (χ3v) is 9.95. The van der Waals surface area contributed by atoms with Crippen molar-refractivity contribution in [2.45, 2.75) is 103 Å². The molecule has 0 saturated heterocycles. The van der Waals surface area contributed by atoms with Gasteiger partial charge in [-0.05, 0) is 119 Å². The SMILES string of the molecule is COc1ccc(C2CCC(C(NC(=O)C3CCC(NC(=O)OCCCO)CC3)c3cc(-c4cnn(C(C)C)c4)ccn3)CC2)cc1C. The van der Waals surface area contributed by atoms with Gasteiger partial charge in [-0.3, -0.25) is 14.5 Å². The largest absolute Gasteiger partial charge is 0.496 e. The third kappa shape index (κ3) is 8.91. The molecule has 2 aliphatic rings. The van der Waals surface area contributed by atoms with Crippen LogP contribution in [0.25, 0.3) is 11.1 Å². The van der Waals surface area contributed by atoms with Gasteiger partial charge in [0.25, 0.3) is 0 Å². The molecule has 0 bridgehead atoms. The van der Waals surface area contributed by atoms with Gasteiger partial charge in [0.1, 0.15) is 5.75 Å². The van der Waals surface area contributed by atoms with E-state index in [9.17, 15) is 9.59 Å². The number of methoxy groups -OCH3 is 1. The number of carbonyl (C=O) groups is 2. The van der Waals surface area contributed by atoms with E-state index in [-0.39, 0.29) is 49.1 Å². The highest BCUT2D eigenvalue weighted by atomic mass is 16.5. The van der Waals surface area contributed by atoms with Crippen LogP contribution < -0.4 is 15.4 Å². The van der Waals surface area contributed by atoms with Crippen molar-refractivity contribution in [3.63, 3.8) is 0 Å². The molecule has 5 rings (SSSR count). The molecule has 0 radical (unpaired) electrons. The molecule has 47 heavy (non-hydrogen) atoms. The number of carbonyl (C=O) groups excluding carboxylic acids is 2. The lowest BCUT2D eigenvalue weighted by Gasteiger charge is -2.36. The average Bonchev–Trinajstić information content (AvgIpc) is 3.59. The van der Waals surface area contributed by atoms with Gasteiger partial charge in [0.15, 0.2) is 0 Å². The van der Waals surface area contributed by atoms with Gasteiger partial charge in [-0.15, -0.1) is 0 Å². The van der Waals surface area contributed by atoms with Crippen LogP contribution in [0.1, 0.15) is 106 Å². The second-order valence-electron chi connectivity index (χ2n) is 13.5. The van der Waals surface area contributed by atoms with Gasteiger partial charge in [0, 0.05) is 49.0 Å². The van der Waals surface area contributed by atoms with Crippen molar-refractivity contribution in [3.8, 4) is 16.9 Å². The Hall–Kier alpha value is -3.92. The Morgan fingerprint density at radius 3 is 2.45 bits per heavy atom. The number of hydrogen-bond acceptors (Lipinski definition) is 7. The summed E-state index contributed by atoms with van der Waals surface area (Å²) in [6, 6.07) is 10.7. The second-order valence-corrected chi connectivity index (χ2v) is 13.5. The monoisotopic (exact) mass is 645 g/mol. The van der Waals surface area contributed by atoms with Gasteiger partial charge in [0.2, 0.25) is 5.91 Å². The van der Waals surface area contributed by atoms with Crippen LogP contribution in [-0.2, 0) is 9.53 Å². The highest BCUT2D eigenvalue weighted by molar-refractivity contribution is 5.79. The highest BCUT2D eigenvalue weighted by Crippen LogP contribution is 2.42. The standard InChI is InChI=1S/C37H51N5O5/c1-24(2)42-23-31(22-39-42)30-16-17-38-33(21-30)35(27-8-6-26(7-9-27)29-12-15-34(46-4)25(3)20-29)41-36(44)28-10-13-32(14-11-28)40-37(45)47-19-5-18-43/h12,15-17,20-24,26-28,32,35,43H,5-11,13-14,18-19H2,1-4H3,(H,40,45)(H,41,44). The van der Waals surface area contributed by atoms with E-state index >= 15 is 0 Å². The number of amides is 2. The minimum Gasteiger partial charge on any atom is -0.496 e. The van der Waals surface area contributed by atoms with Crippen LogP contribution in [0.2, 0.25) is 0 Å². The molecule has 2 amide bonds. The number of nitrogens with zero attached hydrogens (tertiary/aromatic N) is 3. The number of hydrogen-bond donors (Lipinski definition) is 3. The van der Waals surface area contributed by atoms with Crippen molar-refractivity contribution < 1.29 is 24.2 Å². The number of pyridine rings is 1. The number of alkyl carbamates (subject to hydrolysis) is 1. The number of rotatable bonds is 12. The zero-order valence-electron chi connectivity index (χ0n) is 28.3. The first kappa shape index (κ1) is 34.4. The predicted octanol–water partition coefficient (Wildman–Crippen LogP) is 6.64. The minimum absolute atomic E-state index is 0.0129. The molecule has 2 fully saturated rings. The molecule has 3 aromatic rings. The molecule has 254 valence electrons. The second kappa shape index (κ2) is 16.3. The summed E-state index contributed by atoms with van der Waals surface area (Å²) < 4.78 is 12.6. The van der Waals surface area contributed by atoms with E-state index in [1.165, 1.54) is 5.56 Å².